The summed E-state index contributed by atoms with van der Waals surface area (Å²) in [7, 11) is 0. The summed E-state index contributed by atoms with van der Waals surface area (Å²) in [5.74, 6) is 3.20. The van der Waals surface area contributed by atoms with E-state index in [2.05, 4.69) is 41.4 Å². The monoisotopic (exact) mass is 450 g/mol. The molecule has 0 fully saturated rings. The number of rotatable bonds is 10. The molecule has 0 aliphatic heterocycles. The summed E-state index contributed by atoms with van der Waals surface area (Å²) < 4.78 is 5.56. The normalized spacial score (nSPS) is 11.5. The third-order valence-electron chi connectivity index (χ3n) is 3.79. The van der Waals surface area contributed by atoms with Gasteiger partial charge in [-0.3, -0.25) is 0 Å². The van der Waals surface area contributed by atoms with E-state index in [1.54, 1.807) is 0 Å². The first kappa shape index (κ1) is 23.2. The van der Waals surface area contributed by atoms with Crippen LogP contribution in [0, 0.1) is 19.8 Å². The molecule has 0 aliphatic carbocycles. The fourth-order valence-electron chi connectivity index (χ4n) is 2.33. The average Bonchev–Trinajstić information content (AvgIpc) is 2.82. The zero-order valence-corrected chi connectivity index (χ0v) is 18.3. The van der Waals surface area contributed by atoms with Crippen molar-refractivity contribution in [3.8, 4) is 0 Å². The molecule has 2 N–H and O–H groups in total. The molecule has 0 aromatic carbocycles. The topological polar surface area (TPSA) is 62.5 Å². The van der Waals surface area contributed by atoms with Crippen LogP contribution in [0.3, 0.4) is 0 Å². The van der Waals surface area contributed by atoms with E-state index in [0.717, 1.165) is 36.4 Å². The van der Waals surface area contributed by atoms with Gasteiger partial charge in [0, 0.05) is 13.1 Å². The molecule has 1 aromatic rings. The van der Waals surface area contributed by atoms with Crippen LogP contribution in [0.25, 0.3) is 0 Å². The highest BCUT2D eigenvalue weighted by molar-refractivity contribution is 14.0. The third kappa shape index (κ3) is 10.2. The second-order valence-corrected chi connectivity index (χ2v) is 6.47. The van der Waals surface area contributed by atoms with E-state index in [-0.39, 0.29) is 24.0 Å². The Bertz CT molecular complexity index is 452. The van der Waals surface area contributed by atoms with E-state index in [0.29, 0.717) is 12.4 Å². The molecule has 5 nitrogen and oxygen atoms in total. The second kappa shape index (κ2) is 13.5. The van der Waals surface area contributed by atoms with E-state index in [9.17, 15) is 0 Å². The Morgan fingerprint density at radius 2 is 1.83 bits per heavy atom. The number of halogens is 1. The predicted molar refractivity (Wildman–Crippen MR) is 112 cm³/mol. The Morgan fingerprint density at radius 3 is 2.42 bits per heavy atom. The molecular formula is C18H35IN4O. The first-order valence-corrected chi connectivity index (χ1v) is 8.98. The van der Waals surface area contributed by atoms with Crippen LogP contribution in [-0.4, -0.2) is 24.0 Å². The molecule has 1 aromatic heterocycles. The van der Waals surface area contributed by atoms with Crippen LogP contribution in [0.4, 0.5) is 0 Å². The average molecular weight is 450 g/mol. The van der Waals surface area contributed by atoms with Crippen molar-refractivity contribution in [2.45, 2.75) is 73.3 Å². The molecule has 0 atom stereocenters. The molecule has 1 heterocycles. The van der Waals surface area contributed by atoms with Crippen molar-refractivity contribution in [1.82, 2.24) is 15.6 Å². The molecule has 0 radical (unpaired) electrons. The third-order valence-corrected chi connectivity index (χ3v) is 3.79. The molecule has 0 amide bonds. The Balaban J connectivity index is 0.00000529. The van der Waals surface area contributed by atoms with Crippen molar-refractivity contribution in [2.24, 2.45) is 10.9 Å². The van der Waals surface area contributed by atoms with Gasteiger partial charge in [0.15, 0.2) is 5.96 Å². The van der Waals surface area contributed by atoms with Gasteiger partial charge in [-0.2, -0.15) is 0 Å². The lowest BCUT2D eigenvalue weighted by Crippen LogP contribution is -2.37. The van der Waals surface area contributed by atoms with Gasteiger partial charge in [0.2, 0.25) is 5.89 Å². The van der Waals surface area contributed by atoms with Crippen LogP contribution >= 0.6 is 24.0 Å². The molecular weight excluding hydrogens is 415 g/mol. The summed E-state index contributed by atoms with van der Waals surface area (Å²) in [6, 6.07) is 0. The van der Waals surface area contributed by atoms with Crippen molar-refractivity contribution in [3.05, 3.63) is 17.3 Å². The van der Waals surface area contributed by atoms with E-state index in [1.807, 2.05) is 13.8 Å². The van der Waals surface area contributed by atoms with Crippen molar-refractivity contribution < 1.29 is 4.42 Å². The lowest BCUT2D eigenvalue weighted by atomic mass is 10.0. The van der Waals surface area contributed by atoms with Crippen LogP contribution in [0.1, 0.15) is 70.2 Å². The van der Waals surface area contributed by atoms with Crippen LogP contribution in [0.2, 0.25) is 0 Å². The van der Waals surface area contributed by atoms with Crippen molar-refractivity contribution in [3.63, 3.8) is 0 Å². The molecule has 0 unspecified atom stereocenters. The number of aryl methyl sites for hydroxylation is 2. The van der Waals surface area contributed by atoms with Crippen LogP contribution in [0.15, 0.2) is 9.41 Å². The van der Waals surface area contributed by atoms with Gasteiger partial charge in [-0.05, 0) is 33.1 Å². The molecule has 6 heteroatoms. The van der Waals surface area contributed by atoms with Crippen LogP contribution < -0.4 is 10.6 Å². The Kier molecular flexibility index (Phi) is 13.1. The summed E-state index contributed by atoms with van der Waals surface area (Å²) in [5.41, 5.74) is 0.939. The lowest BCUT2D eigenvalue weighted by Gasteiger charge is -2.11. The van der Waals surface area contributed by atoms with E-state index < -0.39 is 0 Å². The molecule has 0 aliphatic rings. The smallest absolute Gasteiger partial charge is 0.216 e. The van der Waals surface area contributed by atoms with Crippen LogP contribution in [-0.2, 0) is 6.54 Å². The molecule has 1 rings (SSSR count). The number of unbranched alkanes of at least 4 members (excludes halogenated alkanes) is 3. The number of hydrogen-bond donors (Lipinski definition) is 2. The largest absolute Gasteiger partial charge is 0.444 e. The first-order valence-electron chi connectivity index (χ1n) is 8.98. The highest BCUT2D eigenvalue weighted by atomic mass is 127. The van der Waals surface area contributed by atoms with Gasteiger partial charge in [-0.15, -0.1) is 24.0 Å². The van der Waals surface area contributed by atoms with Gasteiger partial charge >= 0.3 is 0 Å². The van der Waals surface area contributed by atoms with Crippen molar-refractivity contribution >= 4 is 29.9 Å². The zero-order valence-electron chi connectivity index (χ0n) is 15.9. The molecule has 0 bridgehead atoms. The van der Waals surface area contributed by atoms with Crippen molar-refractivity contribution in [1.29, 1.82) is 0 Å². The van der Waals surface area contributed by atoms with E-state index in [1.165, 1.54) is 32.1 Å². The second-order valence-electron chi connectivity index (χ2n) is 6.47. The van der Waals surface area contributed by atoms with Gasteiger partial charge in [-0.1, -0.05) is 39.5 Å². The lowest BCUT2D eigenvalue weighted by molar-refractivity contribution is 0.472. The summed E-state index contributed by atoms with van der Waals surface area (Å²) >= 11 is 0. The molecule has 0 saturated carbocycles. The Hall–Kier alpha value is -0.790. The highest BCUT2D eigenvalue weighted by Crippen LogP contribution is 2.10. The first-order chi connectivity index (χ1) is 11.0. The van der Waals surface area contributed by atoms with Gasteiger partial charge in [-0.25, -0.2) is 9.98 Å². The summed E-state index contributed by atoms with van der Waals surface area (Å²) in [6.45, 7) is 12.8. The molecule has 140 valence electrons. The van der Waals surface area contributed by atoms with E-state index >= 15 is 0 Å². The van der Waals surface area contributed by atoms with Gasteiger partial charge in [0.05, 0.1) is 5.69 Å². The number of oxazole rings is 1. The molecule has 0 spiro atoms. The maximum atomic E-state index is 5.56. The van der Waals surface area contributed by atoms with Gasteiger partial charge in [0.1, 0.15) is 12.3 Å². The fraction of sp³-hybridized carbons (Fsp3) is 0.778. The summed E-state index contributed by atoms with van der Waals surface area (Å²) in [6.07, 6.45) is 6.46. The SMILES string of the molecule is CCNC(=NCc1nc(C)c(C)o1)NCCCCCCC(C)C.I. The standard InChI is InChI=1S/C18H34N4O.HI/c1-6-19-18(20-12-10-8-7-9-11-14(2)3)21-13-17-22-15(4)16(5)23-17;/h14H,6-13H2,1-5H3,(H2,19,20,21);1H. The number of nitrogens with one attached hydrogen (secondary N) is 2. The molecule has 0 saturated heterocycles. The fourth-order valence-corrected chi connectivity index (χ4v) is 2.33. The predicted octanol–water partition coefficient (Wildman–Crippen LogP) is 4.57. The Labute approximate surface area is 164 Å². The van der Waals surface area contributed by atoms with Crippen LogP contribution in [0.5, 0.6) is 0 Å². The maximum absolute atomic E-state index is 5.56. The van der Waals surface area contributed by atoms with Gasteiger partial charge in [0.25, 0.3) is 0 Å². The summed E-state index contributed by atoms with van der Waals surface area (Å²) in [4.78, 5) is 8.89. The van der Waals surface area contributed by atoms with Crippen molar-refractivity contribution in [2.75, 3.05) is 13.1 Å². The van der Waals surface area contributed by atoms with Gasteiger partial charge < -0.3 is 15.1 Å². The number of hydrogen-bond acceptors (Lipinski definition) is 3. The zero-order chi connectivity index (χ0) is 17.1. The quantitative estimate of drug-likeness (QED) is 0.237. The number of aliphatic imine (C=N–C) groups is 1. The minimum Gasteiger partial charge on any atom is -0.444 e. The number of aromatic nitrogens is 1. The summed E-state index contributed by atoms with van der Waals surface area (Å²) in [5, 5.41) is 6.64. The number of nitrogens with zero attached hydrogens (tertiary/aromatic N) is 2. The minimum atomic E-state index is 0. The highest BCUT2D eigenvalue weighted by Gasteiger charge is 2.05. The maximum Gasteiger partial charge on any atom is 0.216 e. The molecule has 24 heavy (non-hydrogen) atoms. The minimum absolute atomic E-state index is 0. The Morgan fingerprint density at radius 1 is 1.12 bits per heavy atom. The van der Waals surface area contributed by atoms with E-state index in [4.69, 9.17) is 4.42 Å². The number of guanidine groups is 1.